The Kier molecular flexibility index (Phi) is 8.52. The van der Waals surface area contributed by atoms with Gasteiger partial charge in [0.1, 0.15) is 0 Å². The van der Waals surface area contributed by atoms with Crippen molar-refractivity contribution in [3.8, 4) is 0 Å². The third kappa shape index (κ3) is 9.49. The summed E-state index contributed by atoms with van der Waals surface area (Å²) in [5.41, 5.74) is -0.0164. The minimum atomic E-state index is -0.0164. The molecule has 16 heavy (non-hydrogen) atoms. The molecule has 2 nitrogen and oxygen atoms in total. The maximum absolute atomic E-state index is 5.42. The Labute approximate surface area is 106 Å². The number of thioether (sulfide) groups is 1. The van der Waals surface area contributed by atoms with Crippen molar-refractivity contribution >= 4 is 11.8 Å². The van der Waals surface area contributed by atoms with Gasteiger partial charge in [0.2, 0.25) is 0 Å². The molecule has 0 amide bonds. The third-order valence-electron chi connectivity index (χ3n) is 2.54. The predicted molar refractivity (Wildman–Crippen MR) is 75.3 cm³/mol. The molecule has 0 aliphatic carbocycles. The van der Waals surface area contributed by atoms with Crippen molar-refractivity contribution in [1.29, 1.82) is 0 Å². The first-order valence-electron chi connectivity index (χ1n) is 6.23. The molecular weight excluding hydrogens is 218 g/mol. The monoisotopic (exact) mass is 247 g/mol. The molecule has 0 saturated carbocycles. The molecule has 0 aromatic rings. The van der Waals surface area contributed by atoms with Crippen LogP contribution in [0.1, 0.15) is 41.0 Å². The molecule has 3 heteroatoms. The topological polar surface area (TPSA) is 21.3 Å². The van der Waals surface area contributed by atoms with Crippen molar-refractivity contribution in [3.63, 3.8) is 0 Å². The van der Waals surface area contributed by atoms with Gasteiger partial charge >= 0.3 is 0 Å². The molecule has 0 aliphatic heterocycles. The molecule has 0 fully saturated rings. The molecule has 0 aromatic heterocycles. The second-order valence-electron chi connectivity index (χ2n) is 5.49. The van der Waals surface area contributed by atoms with E-state index < -0.39 is 0 Å². The van der Waals surface area contributed by atoms with Crippen molar-refractivity contribution < 1.29 is 4.74 Å². The van der Waals surface area contributed by atoms with Crippen LogP contribution in [0, 0.1) is 5.92 Å². The van der Waals surface area contributed by atoms with E-state index in [2.05, 4.69) is 39.9 Å². The van der Waals surface area contributed by atoms with Crippen molar-refractivity contribution in [2.75, 3.05) is 25.2 Å². The SMILES string of the molecule is COC(C)(C)CC(C)NCCSCC(C)C. The first kappa shape index (κ1) is 16.3. The highest BCUT2D eigenvalue weighted by Gasteiger charge is 2.19. The average Bonchev–Trinajstić information content (AvgIpc) is 2.16. The third-order valence-corrected chi connectivity index (χ3v) is 3.94. The van der Waals surface area contributed by atoms with Crippen LogP contribution in [0.4, 0.5) is 0 Å². The maximum Gasteiger partial charge on any atom is 0.0637 e. The van der Waals surface area contributed by atoms with Crippen LogP contribution < -0.4 is 5.32 Å². The van der Waals surface area contributed by atoms with Gasteiger partial charge in [0.05, 0.1) is 5.60 Å². The summed E-state index contributed by atoms with van der Waals surface area (Å²) >= 11 is 2.03. The Hall–Kier alpha value is 0.270. The van der Waals surface area contributed by atoms with Crippen LogP contribution in [-0.4, -0.2) is 36.8 Å². The lowest BCUT2D eigenvalue weighted by atomic mass is 10.00. The van der Waals surface area contributed by atoms with Crippen molar-refractivity contribution in [3.05, 3.63) is 0 Å². The highest BCUT2D eigenvalue weighted by molar-refractivity contribution is 7.99. The zero-order valence-corrected chi connectivity index (χ0v) is 12.6. The van der Waals surface area contributed by atoms with Crippen molar-refractivity contribution in [1.82, 2.24) is 5.32 Å². The van der Waals surface area contributed by atoms with Crippen LogP contribution in [0.5, 0.6) is 0 Å². The number of methoxy groups -OCH3 is 1. The molecule has 0 rings (SSSR count). The Morgan fingerprint density at radius 2 is 1.88 bits per heavy atom. The molecule has 0 spiro atoms. The molecule has 0 saturated heterocycles. The molecule has 1 atom stereocenters. The van der Waals surface area contributed by atoms with E-state index in [1.165, 1.54) is 11.5 Å². The highest BCUT2D eigenvalue weighted by Crippen LogP contribution is 2.15. The van der Waals surface area contributed by atoms with Gasteiger partial charge in [-0.05, 0) is 38.9 Å². The lowest BCUT2D eigenvalue weighted by molar-refractivity contribution is 0.00876. The fraction of sp³-hybridized carbons (Fsp3) is 1.00. The van der Waals surface area contributed by atoms with Crippen LogP contribution in [0.3, 0.4) is 0 Å². The number of ether oxygens (including phenoxy) is 1. The van der Waals surface area contributed by atoms with Gasteiger partial charge in [0.25, 0.3) is 0 Å². The summed E-state index contributed by atoms with van der Waals surface area (Å²) in [6.07, 6.45) is 1.05. The second kappa shape index (κ2) is 8.37. The number of hydrogen-bond donors (Lipinski definition) is 1. The zero-order chi connectivity index (χ0) is 12.6. The van der Waals surface area contributed by atoms with Crippen molar-refractivity contribution in [2.45, 2.75) is 52.7 Å². The standard InChI is InChI=1S/C13H29NOS/c1-11(2)10-16-8-7-14-12(3)9-13(4,5)15-6/h11-12,14H,7-10H2,1-6H3. The summed E-state index contributed by atoms with van der Waals surface area (Å²) in [5, 5.41) is 3.55. The Bertz CT molecular complexity index is 171. The first-order valence-corrected chi connectivity index (χ1v) is 7.39. The second-order valence-corrected chi connectivity index (χ2v) is 6.64. The molecule has 0 radical (unpaired) electrons. The molecular formula is C13H29NOS. The summed E-state index contributed by atoms with van der Waals surface area (Å²) in [4.78, 5) is 0. The van der Waals surface area contributed by atoms with E-state index in [0.717, 1.165) is 18.9 Å². The van der Waals surface area contributed by atoms with Gasteiger partial charge in [0.15, 0.2) is 0 Å². The first-order chi connectivity index (χ1) is 7.37. The zero-order valence-electron chi connectivity index (χ0n) is 11.8. The quantitative estimate of drug-likeness (QED) is 0.632. The lowest BCUT2D eigenvalue weighted by Gasteiger charge is -2.27. The van der Waals surface area contributed by atoms with Gasteiger partial charge in [-0.15, -0.1) is 0 Å². The summed E-state index contributed by atoms with van der Waals surface area (Å²) in [7, 11) is 1.78. The smallest absolute Gasteiger partial charge is 0.0637 e. The Morgan fingerprint density at radius 1 is 1.25 bits per heavy atom. The van der Waals surface area contributed by atoms with Gasteiger partial charge in [-0.2, -0.15) is 11.8 Å². The number of rotatable bonds is 9. The molecule has 0 aromatic carbocycles. The fourth-order valence-electron chi connectivity index (χ4n) is 1.59. The minimum Gasteiger partial charge on any atom is -0.379 e. The number of nitrogens with one attached hydrogen (secondary N) is 1. The lowest BCUT2D eigenvalue weighted by Crippen LogP contribution is -2.36. The molecule has 98 valence electrons. The van der Waals surface area contributed by atoms with Crippen LogP contribution >= 0.6 is 11.8 Å². The van der Waals surface area contributed by atoms with E-state index in [4.69, 9.17) is 4.74 Å². The summed E-state index contributed by atoms with van der Waals surface area (Å²) in [6, 6.07) is 0.523. The number of hydrogen-bond acceptors (Lipinski definition) is 3. The summed E-state index contributed by atoms with van der Waals surface area (Å²) in [6.45, 7) is 12.1. The molecule has 0 aliphatic rings. The van der Waals surface area contributed by atoms with Gasteiger partial charge in [-0.1, -0.05) is 13.8 Å². The molecule has 0 bridgehead atoms. The predicted octanol–water partition coefficient (Wildman–Crippen LogP) is 3.17. The van der Waals surface area contributed by atoms with Crippen LogP contribution in [0.25, 0.3) is 0 Å². The van der Waals surface area contributed by atoms with Crippen molar-refractivity contribution in [2.24, 2.45) is 5.92 Å². The largest absolute Gasteiger partial charge is 0.379 e. The van der Waals surface area contributed by atoms with E-state index >= 15 is 0 Å². The van der Waals surface area contributed by atoms with E-state index in [9.17, 15) is 0 Å². The van der Waals surface area contributed by atoms with E-state index in [-0.39, 0.29) is 5.60 Å². The van der Waals surface area contributed by atoms with E-state index in [1.54, 1.807) is 7.11 Å². The van der Waals surface area contributed by atoms with Gasteiger partial charge < -0.3 is 10.1 Å². The Morgan fingerprint density at radius 3 is 2.38 bits per heavy atom. The van der Waals surface area contributed by atoms with Crippen LogP contribution in [-0.2, 0) is 4.74 Å². The molecule has 1 unspecified atom stereocenters. The van der Waals surface area contributed by atoms with Gasteiger partial charge in [-0.25, -0.2) is 0 Å². The summed E-state index contributed by atoms with van der Waals surface area (Å²) < 4.78 is 5.42. The highest BCUT2D eigenvalue weighted by atomic mass is 32.2. The maximum atomic E-state index is 5.42. The minimum absolute atomic E-state index is 0.0164. The summed E-state index contributed by atoms with van der Waals surface area (Å²) in [5.74, 6) is 3.27. The van der Waals surface area contributed by atoms with Crippen LogP contribution in [0.2, 0.25) is 0 Å². The van der Waals surface area contributed by atoms with Gasteiger partial charge in [0, 0.05) is 25.4 Å². The molecule has 1 N–H and O–H groups in total. The molecule has 0 heterocycles. The Balaban J connectivity index is 3.47. The van der Waals surface area contributed by atoms with Crippen LogP contribution in [0.15, 0.2) is 0 Å². The van der Waals surface area contributed by atoms with Gasteiger partial charge in [-0.3, -0.25) is 0 Å². The van der Waals surface area contributed by atoms with E-state index in [0.29, 0.717) is 6.04 Å². The average molecular weight is 247 g/mol. The van der Waals surface area contributed by atoms with E-state index in [1.807, 2.05) is 11.8 Å². The fourth-order valence-corrected chi connectivity index (χ4v) is 2.49. The normalized spacial score (nSPS) is 14.4.